The van der Waals surface area contributed by atoms with Crippen LogP contribution in [0.3, 0.4) is 0 Å². The van der Waals surface area contributed by atoms with E-state index < -0.39 is 5.69 Å². The smallest absolute Gasteiger partial charge is 0.332 e. The van der Waals surface area contributed by atoms with Crippen molar-refractivity contribution in [3.63, 3.8) is 0 Å². The molecule has 0 aliphatic rings. The van der Waals surface area contributed by atoms with E-state index in [-0.39, 0.29) is 24.5 Å². The van der Waals surface area contributed by atoms with E-state index in [4.69, 9.17) is 20.9 Å². The number of ether oxygens (including phenoxy) is 1. The van der Waals surface area contributed by atoms with Gasteiger partial charge in [-0.05, 0) is 41.3 Å². The van der Waals surface area contributed by atoms with E-state index in [1.54, 1.807) is 42.8 Å². The first-order valence-corrected chi connectivity index (χ1v) is 11.2. The molecule has 0 atom stereocenters. The lowest BCUT2D eigenvalue weighted by atomic mass is 10.2. The van der Waals surface area contributed by atoms with Gasteiger partial charge in [-0.15, -0.1) is 11.3 Å². The van der Waals surface area contributed by atoms with Gasteiger partial charge in [-0.2, -0.15) is 4.98 Å². The lowest BCUT2D eigenvalue weighted by Crippen LogP contribution is -2.40. The summed E-state index contributed by atoms with van der Waals surface area (Å²) in [6.07, 6.45) is 0. The lowest BCUT2D eigenvalue weighted by molar-refractivity contribution is 0.369. The molecule has 166 valence electrons. The molecule has 0 radical (unpaired) electrons. The van der Waals surface area contributed by atoms with E-state index in [0.717, 1.165) is 5.56 Å². The zero-order valence-electron chi connectivity index (χ0n) is 17.4. The summed E-state index contributed by atoms with van der Waals surface area (Å²) in [5.74, 6) is 1.26. The Kier molecular flexibility index (Phi) is 5.57. The average Bonchev–Trinajstić information content (AvgIpc) is 3.50. The largest absolute Gasteiger partial charge is 0.497 e. The van der Waals surface area contributed by atoms with Crippen LogP contribution in [0.1, 0.15) is 11.5 Å². The first kappa shape index (κ1) is 21.2. The number of methoxy groups -OCH3 is 1. The number of fused-ring (bicyclic) bond motifs is 1. The predicted molar refractivity (Wildman–Crippen MR) is 126 cm³/mol. The lowest BCUT2D eigenvalue weighted by Gasteiger charge is -2.11. The average molecular weight is 481 g/mol. The van der Waals surface area contributed by atoms with E-state index in [2.05, 4.69) is 10.1 Å². The second-order valence-corrected chi connectivity index (χ2v) is 8.56. The van der Waals surface area contributed by atoms with Gasteiger partial charge in [-0.3, -0.25) is 13.9 Å². The first-order valence-electron chi connectivity index (χ1n) is 9.96. The SMILES string of the molecule is COc1ccc(Cn2c(=O)c3sccc3n(Cc3nc(-c4ccccc4Cl)no3)c2=O)cc1. The molecule has 0 N–H and O–H groups in total. The zero-order valence-corrected chi connectivity index (χ0v) is 19.0. The highest BCUT2D eigenvalue weighted by molar-refractivity contribution is 7.17. The van der Waals surface area contributed by atoms with Crippen LogP contribution in [0.25, 0.3) is 21.6 Å². The number of hydrogen-bond donors (Lipinski definition) is 0. The summed E-state index contributed by atoms with van der Waals surface area (Å²) in [6.45, 7) is 0.149. The van der Waals surface area contributed by atoms with Gasteiger partial charge >= 0.3 is 5.69 Å². The second-order valence-electron chi connectivity index (χ2n) is 7.23. The fraction of sp³-hybridized carbons (Fsp3) is 0.130. The van der Waals surface area contributed by atoms with Gasteiger partial charge in [0.25, 0.3) is 5.56 Å². The van der Waals surface area contributed by atoms with Crippen molar-refractivity contribution in [2.45, 2.75) is 13.1 Å². The summed E-state index contributed by atoms with van der Waals surface area (Å²) in [5.41, 5.74) is 1.17. The molecule has 0 aliphatic carbocycles. The molecule has 0 fully saturated rings. The third-order valence-electron chi connectivity index (χ3n) is 5.21. The number of aromatic nitrogens is 4. The van der Waals surface area contributed by atoms with Crippen molar-refractivity contribution in [3.8, 4) is 17.1 Å². The van der Waals surface area contributed by atoms with Gasteiger partial charge in [-0.25, -0.2) is 4.79 Å². The number of benzene rings is 2. The summed E-state index contributed by atoms with van der Waals surface area (Å²) in [6, 6.07) is 16.1. The molecule has 10 heteroatoms. The summed E-state index contributed by atoms with van der Waals surface area (Å²) >= 11 is 7.51. The van der Waals surface area contributed by atoms with Gasteiger partial charge in [0.15, 0.2) is 0 Å². The Morgan fingerprint density at radius 2 is 1.82 bits per heavy atom. The summed E-state index contributed by atoms with van der Waals surface area (Å²) in [5, 5.41) is 6.28. The topological polar surface area (TPSA) is 92.2 Å². The number of hydrogen-bond acceptors (Lipinski definition) is 7. The molecule has 0 bridgehead atoms. The molecule has 0 aliphatic heterocycles. The Bertz CT molecular complexity index is 1570. The molecule has 3 aromatic heterocycles. The highest BCUT2D eigenvalue weighted by Gasteiger charge is 2.18. The number of rotatable bonds is 6. The molecule has 5 rings (SSSR count). The van der Waals surface area contributed by atoms with E-state index in [9.17, 15) is 9.59 Å². The maximum atomic E-state index is 13.4. The normalized spacial score (nSPS) is 11.2. The van der Waals surface area contributed by atoms with Crippen LogP contribution in [0.15, 0.2) is 74.1 Å². The van der Waals surface area contributed by atoms with Gasteiger partial charge < -0.3 is 9.26 Å². The number of thiophene rings is 1. The molecular formula is C23H17ClN4O4S. The van der Waals surface area contributed by atoms with Gasteiger partial charge in [-0.1, -0.05) is 41.0 Å². The van der Waals surface area contributed by atoms with Gasteiger partial charge in [0, 0.05) is 5.56 Å². The molecule has 5 aromatic rings. The van der Waals surface area contributed by atoms with Gasteiger partial charge in [0.1, 0.15) is 17.0 Å². The minimum absolute atomic E-state index is 0.0202. The van der Waals surface area contributed by atoms with Crippen LogP contribution in [0.2, 0.25) is 5.02 Å². The van der Waals surface area contributed by atoms with Crippen LogP contribution in [-0.2, 0) is 13.1 Å². The minimum atomic E-state index is -0.459. The van der Waals surface area contributed by atoms with Crippen LogP contribution >= 0.6 is 22.9 Å². The Morgan fingerprint density at radius 3 is 2.58 bits per heavy atom. The van der Waals surface area contributed by atoms with E-state index in [1.165, 1.54) is 20.5 Å². The molecule has 0 unspecified atom stereocenters. The number of nitrogens with zero attached hydrogens (tertiary/aromatic N) is 4. The highest BCUT2D eigenvalue weighted by atomic mass is 35.5. The van der Waals surface area contributed by atoms with E-state index in [1.807, 2.05) is 24.3 Å². The highest BCUT2D eigenvalue weighted by Crippen LogP contribution is 2.25. The van der Waals surface area contributed by atoms with Crippen LogP contribution < -0.4 is 16.0 Å². The molecule has 0 spiro atoms. The van der Waals surface area contributed by atoms with Crippen molar-refractivity contribution in [2.24, 2.45) is 0 Å². The summed E-state index contributed by atoms with van der Waals surface area (Å²) < 4.78 is 13.7. The molecule has 0 saturated carbocycles. The number of halogens is 1. The third kappa shape index (κ3) is 3.96. The van der Waals surface area contributed by atoms with Crippen molar-refractivity contribution in [3.05, 3.63) is 97.3 Å². The molecular weight excluding hydrogens is 464 g/mol. The van der Waals surface area contributed by atoms with Crippen LogP contribution in [0, 0.1) is 0 Å². The van der Waals surface area contributed by atoms with E-state index in [0.29, 0.717) is 32.4 Å². The second kappa shape index (κ2) is 8.68. The van der Waals surface area contributed by atoms with Gasteiger partial charge in [0.2, 0.25) is 11.7 Å². The van der Waals surface area contributed by atoms with Crippen molar-refractivity contribution in [2.75, 3.05) is 7.11 Å². The molecule has 0 amide bonds. The quantitative estimate of drug-likeness (QED) is 0.364. The van der Waals surface area contributed by atoms with Crippen molar-refractivity contribution >= 4 is 33.2 Å². The van der Waals surface area contributed by atoms with Crippen LogP contribution in [0.4, 0.5) is 0 Å². The fourth-order valence-electron chi connectivity index (χ4n) is 3.55. The maximum absolute atomic E-state index is 13.4. The summed E-state index contributed by atoms with van der Waals surface area (Å²) in [7, 11) is 1.58. The molecule has 2 aromatic carbocycles. The molecule has 0 saturated heterocycles. The Labute approximate surface area is 196 Å². The fourth-order valence-corrected chi connectivity index (χ4v) is 4.61. The monoisotopic (exact) mass is 480 g/mol. The Morgan fingerprint density at radius 1 is 1.03 bits per heavy atom. The predicted octanol–water partition coefficient (Wildman–Crippen LogP) is 4.03. The van der Waals surface area contributed by atoms with Crippen molar-refractivity contribution < 1.29 is 9.26 Å². The van der Waals surface area contributed by atoms with Crippen LogP contribution in [0.5, 0.6) is 5.75 Å². The zero-order chi connectivity index (χ0) is 22.9. The van der Waals surface area contributed by atoms with E-state index >= 15 is 0 Å². The van der Waals surface area contributed by atoms with Gasteiger partial charge in [0.05, 0.1) is 24.2 Å². The van der Waals surface area contributed by atoms with Crippen LogP contribution in [-0.4, -0.2) is 26.4 Å². The van der Waals surface area contributed by atoms with Crippen molar-refractivity contribution in [1.29, 1.82) is 0 Å². The Balaban J connectivity index is 1.55. The minimum Gasteiger partial charge on any atom is -0.497 e. The Hall–Kier alpha value is -3.69. The first-order chi connectivity index (χ1) is 16.0. The third-order valence-corrected chi connectivity index (χ3v) is 6.43. The summed E-state index contributed by atoms with van der Waals surface area (Å²) in [4.78, 5) is 30.8. The maximum Gasteiger partial charge on any atom is 0.332 e. The standard InChI is InChI=1S/C23H17ClN4O4S/c1-31-15-8-6-14(7-9-15)12-28-22(29)20-18(10-11-33-20)27(23(28)30)13-19-25-21(26-32-19)16-4-2-3-5-17(16)24/h2-11H,12-13H2,1H3. The van der Waals surface area contributed by atoms with Crippen molar-refractivity contribution in [1.82, 2.24) is 19.3 Å². The molecule has 3 heterocycles. The molecule has 8 nitrogen and oxygen atoms in total. The molecule has 33 heavy (non-hydrogen) atoms.